The van der Waals surface area contributed by atoms with Crippen LogP contribution < -0.4 is 0 Å². The fourth-order valence-corrected chi connectivity index (χ4v) is 2.61. The van der Waals surface area contributed by atoms with Gasteiger partial charge in [0, 0.05) is 17.9 Å². The van der Waals surface area contributed by atoms with Crippen LogP contribution in [0, 0.1) is 11.7 Å². The number of likely N-dealkylation sites (tertiary alicyclic amines) is 1. The molecular weight excluding hydrogens is 269 g/mol. The number of halogens is 2. The highest BCUT2D eigenvalue weighted by molar-refractivity contribution is 9.09. The Morgan fingerprint density at radius 1 is 1.50 bits per heavy atom. The maximum atomic E-state index is 13.0. The zero-order valence-electron chi connectivity index (χ0n) is 9.50. The molecule has 1 aromatic carbocycles. The van der Waals surface area contributed by atoms with E-state index in [1.807, 2.05) is 6.07 Å². The van der Waals surface area contributed by atoms with Crippen LogP contribution in [0.15, 0.2) is 24.3 Å². The summed E-state index contributed by atoms with van der Waals surface area (Å²) in [6.45, 7) is 5.31. The minimum atomic E-state index is -0.138. The molecule has 0 aliphatic carbocycles. The van der Waals surface area contributed by atoms with Crippen LogP contribution in [0.25, 0.3) is 0 Å². The molecule has 0 bridgehead atoms. The number of nitrogens with zero attached hydrogens (tertiary/aromatic N) is 1. The smallest absolute Gasteiger partial charge is 0.123 e. The lowest BCUT2D eigenvalue weighted by Gasteiger charge is -2.34. The molecule has 0 radical (unpaired) electrons. The molecule has 1 aliphatic heterocycles. The van der Waals surface area contributed by atoms with E-state index >= 15 is 0 Å². The van der Waals surface area contributed by atoms with E-state index in [-0.39, 0.29) is 5.82 Å². The third-order valence-corrected chi connectivity index (χ3v) is 4.54. The van der Waals surface area contributed by atoms with E-state index < -0.39 is 0 Å². The highest BCUT2D eigenvalue weighted by Gasteiger charge is 2.23. The third-order valence-electron chi connectivity index (χ3n) is 3.18. The molecule has 2 unspecified atom stereocenters. The van der Waals surface area contributed by atoms with Gasteiger partial charge in [0.1, 0.15) is 5.82 Å². The summed E-state index contributed by atoms with van der Waals surface area (Å²) < 4.78 is 13.0. The second kappa shape index (κ2) is 5.28. The Balaban J connectivity index is 1.95. The predicted molar refractivity (Wildman–Crippen MR) is 68.2 cm³/mol. The molecule has 88 valence electrons. The molecule has 0 aromatic heterocycles. The SMILES string of the molecule is CC1CN(Cc2cccc(F)c2)CCC1Br. The molecule has 0 amide bonds. The van der Waals surface area contributed by atoms with Crippen molar-refractivity contribution in [1.82, 2.24) is 4.90 Å². The van der Waals surface area contributed by atoms with E-state index in [9.17, 15) is 4.39 Å². The summed E-state index contributed by atoms with van der Waals surface area (Å²) in [5.74, 6) is 0.531. The summed E-state index contributed by atoms with van der Waals surface area (Å²) in [6.07, 6.45) is 1.18. The van der Waals surface area contributed by atoms with Gasteiger partial charge in [-0.05, 0) is 36.6 Å². The summed E-state index contributed by atoms with van der Waals surface area (Å²) in [7, 11) is 0. The number of piperidine rings is 1. The van der Waals surface area contributed by atoms with Crippen molar-refractivity contribution in [2.75, 3.05) is 13.1 Å². The molecule has 1 heterocycles. The second-order valence-corrected chi connectivity index (χ2v) is 5.82. The lowest BCUT2D eigenvalue weighted by atomic mass is 9.99. The van der Waals surface area contributed by atoms with Gasteiger partial charge in [-0.25, -0.2) is 4.39 Å². The maximum absolute atomic E-state index is 13.0. The standard InChI is InChI=1S/C13H17BrFN/c1-10-8-16(6-5-13(10)14)9-11-3-2-4-12(15)7-11/h2-4,7,10,13H,5-6,8-9H2,1H3. The first-order chi connectivity index (χ1) is 7.65. The van der Waals surface area contributed by atoms with Gasteiger partial charge in [0.2, 0.25) is 0 Å². The quantitative estimate of drug-likeness (QED) is 0.753. The van der Waals surface area contributed by atoms with Crippen molar-refractivity contribution in [2.24, 2.45) is 5.92 Å². The van der Waals surface area contributed by atoms with Crippen LogP contribution in [-0.2, 0) is 6.54 Å². The Labute approximate surface area is 105 Å². The molecule has 1 aromatic rings. The van der Waals surface area contributed by atoms with E-state index in [1.54, 1.807) is 12.1 Å². The van der Waals surface area contributed by atoms with Gasteiger partial charge in [-0.1, -0.05) is 35.0 Å². The van der Waals surface area contributed by atoms with E-state index in [0.29, 0.717) is 10.7 Å². The van der Waals surface area contributed by atoms with Crippen LogP contribution >= 0.6 is 15.9 Å². The Kier molecular flexibility index (Phi) is 3.98. The summed E-state index contributed by atoms with van der Waals surface area (Å²) in [5.41, 5.74) is 1.07. The Bertz CT molecular complexity index is 356. The molecule has 3 heteroatoms. The van der Waals surface area contributed by atoms with Crippen molar-refractivity contribution in [3.05, 3.63) is 35.6 Å². The monoisotopic (exact) mass is 285 g/mol. The van der Waals surface area contributed by atoms with Crippen molar-refractivity contribution in [1.29, 1.82) is 0 Å². The largest absolute Gasteiger partial charge is 0.299 e. The molecular formula is C13H17BrFN. The molecule has 2 atom stereocenters. The van der Waals surface area contributed by atoms with Crippen LogP contribution in [0.2, 0.25) is 0 Å². The van der Waals surface area contributed by atoms with Gasteiger partial charge >= 0.3 is 0 Å². The van der Waals surface area contributed by atoms with Crippen molar-refractivity contribution in [2.45, 2.75) is 24.7 Å². The Morgan fingerprint density at radius 3 is 3.00 bits per heavy atom. The van der Waals surface area contributed by atoms with E-state index in [0.717, 1.165) is 25.2 Å². The van der Waals surface area contributed by atoms with Gasteiger partial charge in [0.25, 0.3) is 0 Å². The number of alkyl halides is 1. The van der Waals surface area contributed by atoms with Crippen LogP contribution in [-0.4, -0.2) is 22.8 Å². The molecule has 2 rings (SSSR count). The fraction of sp³-hybridized carbons (Fsp3) is 0.538. The zero-order chi connectivity index (χ0) is 11.5. The van der Waals surface area contributed by atoms with Crippen molar-refractivity contribution < 1.29 is 4.39 Å². The minimum Gasteiger partial charge on any atom is -0.299 e. The fourth-order valence-electron chi connectivity index (χ4n) is 2.24. The summed E-state index contributed by atoms with van der Waals surface area (Å²) >= 11 is 3.69. The molecule has 1 fully saturated rings. The Hall–Kier alpha value is -0.410. The van der Waals surface area contributed by atoms with Crippen molar-refractivity contribution >= 4 is 15.9 Å². The van der Waals surface area contributed by atoms with Crippen LogP contribution in [0.4, 0.5) is 4.39 Å². The van der Waals surface area contributed by atoms with E-state index in [4.69, 9.17) is 0 Å². The average molecular weight is 286 g/mol. The lowest BCUT2D eigenvalue weighted by Crippen LogP contribution is -2.39. The average Bonchev–Trinajstić information content (AvgIpc) is 2.24. The molecule has 1 saturated heterocycles. The molecule has 0 spiro atoms. The molecule has 0 saturated carbocycles. The first-order valence-corrected chi connectivity index (χ1v) is 6.67. The summed E-state index contributed by atoms with van der Waals surface area (Å²) in [6, 6.07) is 6.90. The molecule has 1 aliphatic rings. The van der Waals surface area contributed by atoms with E-state index in [1.165, 1.54) is 12.5 Å². The highest BCUT2D eigenvalue weighted by atomic mass is 79.9. The topological polar surface area (TPSA) is 3.24 Å². The van der Waals surface area contributed by atoms with Gasteiger partial charge in [-0.2, -0.15) is 0 Å². The van der Waals surface area contributed by atoms with Crippen molar-refractivity contribution in [3.63, 3.8) is 0 Å². The van der Waals surface area contributed by atoms with Gasteiger partial charge in [-0.3, -0.25) is 4.90 Å². The highest BCUT2D eigenvalue weighted by Crippen LogP contribution is 2.24. The lowest BCUT2D eigenvalue weighted by molar-refractivity contribution is 0.183. The zero-order valence-corrected chi connectivity index (χ0v) is 11.1. The molecule has 1 nitrogen and oxygen atoms in total. The van der Waals surface area contributed by atoms with Crippen LogP contribution in [0.1, 0.15) is 18.9 Å². The molecule has 16 heavy (non-hydrogen) atoms. The third kappa shape index (κ3) is 3.05. The number of rotatable bonds is 2. The predicted octanol–water partition coefficient (Wildman–Crippen LogP) is 3.43. The summed E-state index contributed by atoms with van der Waals surface area (Å²) in [5, 5.41) is 0. The van der Waals surface area contributed by atoms with Gasteiger partial charge in [0.05, 0.1) is 0 Å². The van der Waals surface area contributed by atoms with Crippen LogP contribution in [0.3, 0.4) is 0 Å². The van der Waals surface area contributed by atoms with Gasteiger partial charge in [0.15, 0.2) is 0 Å². The molecule has 0 N–H and O–H groups in total. The second-order valence-electron chi connectivity index (χ2n) is 4.65. The summed E-state index contributed by atoms with van der Waals surface area (Å²) in [4.78, 5) is 3.04. The minimum absolute atomic E-state index is 0.138. The number of hydrogen-bond donors (Lipinski definition) is 0. The van der Waals surface area contributed by atoms with Crippen LogP contribution in [0.5, 0.6) is 0 Å². The van der Waals surface area contributed by atoms with E-state index in [2.05, 4.69) is 27.8 Å². The maximum Gasteiger partial charge on any atom is 0.123 e. The first-order valence-electron chi connectivity index (χ1n) is 5.76. The first kappa shape index (κ1) is 12.1. The Morgan fingerprint density at radius 2 is 2.31 bits per heavy atom. The van der Waals surface area contributed by atoms with Gasteiger partial charge < -0.3 is 0 Å². The number of benzene rings is 1. The van der Waals surface area contributed by atoms with Crippen molar-refractivity contribution in [3.8, 4) is 0 Å². The normalized spacial score (nSPS) is 26.9. The van der Waals surface area contributed by atoms with Gasteiger partial charge in [-0.15, -0.1) is 0 Å². The number of hydrogen-bond acceptors (Lipinski definition) is 1.